The van der Waals surface area contributed by atoms with Crippen LogP contribution in [-0.4, -0.2) is 44.4 Å². The van der Waals surface area contributed by atoms with Gasteiger partial charge in [0.05, 0.1) is 19.3 Å². The molecule has 0 unspecified atom stereocenters. The monoisotopic (exact) mass is 356 g/mol. The maximum absolute atomic E-state index is 12.1. The van der Waals surface area contributed by atoms with Gasteiger partial charge in [-0.15, -0.1) is 12.4 Å². The lowest BCUT2D eigenvalue weighted by Crippen LogP contribution is -2.55. The van der Waals surface area contributed by atoms with E-state index in [9.17, 15) is 4.79 Å². The molecule has 0 aromatic heterocycles. The standard InChI is InChI=1S/C18H28N2O3.ClH/c1-13-16(19-9-11-22-13)17(21)20-10-12-23-15-8-6-5-7-14(15)18(2,3)4;/h5-8,13,16,19H,9-12H2,1-4H3,(H,20,21);1H/t13-,16+;/m1./s1. The average molecular weight is 357 g/mol. The van der Waals surface area contributed by atoms with Crippen molar-refractivity contribution in [3.8, 4) is 5.75 Å². The molecule has 1 aromatic carbocycles. The van der Waals surface area contributed by atoms with Crippen molar-refractivity contribution >= 4 is 18.3 Å². The predicted octanol–water partition coefficient (Wildman–Crippen LogP) is 2.28. The molecule has 1 aliphatic heterocycles. The van der Waals surface area contributed by atoms with Crippen LogP contribution in [0.3, 0.4) is 0 Å². The molecule has 1 saturated heterocycles. The van der Waals surface area contributed by atoms with Gasteiger partial charge < -0.3 is 20.1 Å². The number of benzene rings is 1. The summed E-state index contributed by atoms with van der Waals surface area (Å²) in [6, 6.07) is 7.75. The van der Waals surface area contributed by atoms with Crippen LogP contribution in [-0.2, 0) is 14.9 Å². The molecule has 1 aliphatic rings. The van der Waals surface area contributed by atoms with Crippen LogP contribution < -0.4 is 15.4 Å². The molecule has 1 heterocycles. The Labute approximate surface area is 150 Å². The molecule has 2 rings (SSSR count). The van der Waals surface area contributed by atoms with E-state index >= 15 is 0 Å². The van der Waals surface area contributed by atoms with E-state index in [0.717, 1.165) is 5.75 Å². The van der Waals surface area contributed by atoms with Crippen molar-refractivity contribution in [2.75, 3.05) is 26.3 Å². The van der Waals surface area contributed by atoms with Gasteiger partial charge in [-0.2, -0.15) is 0 Å². The highest BCUT2D eigenvalue weighted by Gasteiger charge is 2.27. The minimum absolute atomic E-state index is 0. The molecule has 1 amide bonds. The highest BCUT2D eigenvalue weighted by Crippen LogP contribution is 2.30. The van der Waals surface area contributed by atoms with Crippen molar-refractivity contribution < 1.29 is 14.3 Å². The lowest BCUT2D eigenvalue weighted by molar-refractivity contribution is -0.129. The average Bonchev–Trinajstić information content (AvgIpc) is 2.51. The molecule has 0 radical (unpaired) electrons. The first-order valence-electron chi connectivity index (χ1n) is 8.24. The van der Waals surface area contributed by atoms with E-state index in [-0.39, 0.29) is 35.9 Å². The first-order valence-corrected chi connectivity index (χ1v) is 8.24. The summed E-state index contributed by atoms with van der Waals surface area (Å²) in [5.74, 6) is 0.839. The highest BCUT2D eigenvalue weighted by atomic mass is 35.5. The Hall–Kier alpha value is -1.30. The summed E-state index contributed by atoms with van der Waals surface area (Å²) in [5, 5.41) is 6.08. The van der Waals surface area contributed by atoms with E-state index in [1.165, 1.54) is 5.56 Å². The largest absolute Gasteiger partial charge is 0.491 e. The third kappa shape index (κ3) is 5.65. The minimum Gasteiger partial charge on any atom is -0.491 e. The number of carbonyl (C=O) groups is 1. The fourth-order valence-corrected chi connectivity index (χ4v) is 2.68. The predicted molar refractivity (Wildman–Crippen MR) is 98.1 cm³/mol. The van der Waals surface area contributed by atoms with Crippen LogP contribution in [0.25, 0.3) is 0 Å². The summed E-state index contributed by atoms with van der Waals surface area (Å²) in [5.41, 5.74) is 1.20. The van der Waals surface area contributed by atoms with Crippen LogP contribution in [0, 0.1) is 0 Å². The van der Waals surface area contributed by atoms with Gasteiger partial charge in [-0.05, 0) is 24.0 Å². The Balaban J connectivity index is 0.00000288. The van der Waals surface area contributed by atoms with Gasteiger partial charge >= 0.3 is 0 Å². The molecule has 6 heteroatoms. The zero-order chi connectivity index (χ0) is 16.9. The second-order valence-corrected chi connectivity index (χ2v) is 6.89. The number of hydrogen-bond donors (Lipinski definition) is 2. The van der Waals surface area contributed by atoms with Crippen LogP contribution in [0.2, 0.25) is 0 Å². The van der Waals surface area contributed by atoms with Crippen molar-refractivity contribution in [1.82, 2.24) is 10.6 Å². The number of amides is 1. The van der Waals surface area contributed by atoms with Crippen molar-refractivity contribution in [2.24, 2.45) is 0 Å². The molecule has 5 nitrogen and oxygen atoms in total. The normalized spacial score (nSPS) is 20.8. The summed E-state index contributed by atoms with van der Waals surface area (Å²) >= 11 is 0. The minimum atomic E-state index is -0.286. The number of morpholine rings is 1. The Morgan fingerprint density at radius 1 is 1.38 bits per heavy atom. The molecule has 2 atom stereocenters. The summed E-state index contributed by atoms with van der Waals surface area (Å²) < 4.78 is 11.3. The zero-order valence-corrected chi connectivity index (χ0v) is 15.7. The molecule has 1 aromatic rings. The number of para-hydroxylation sites is 1. The lowest BCUT2D eigenvalue weighted by atomic mass is 9.86. The quantitative estimate of drug-likeness (QED) is 0.795. The number of carbonyl (C=O) groups excluding carboxylic acids is 1. The van der Waals surface area contributed by atoms with Gasteiger partial charge in [0.25, 0.3) is 0 Å². The Kier molecular flexibility index (Phi) is 8.00. The fourth-order valence-electron chi connectivity index (χ4n) is 2.68. The molecule has 0 spiro atoms. The number of ether oxygens (including phenoxy) is 2. The molecule has 0 aliphatic carbocycles. The van der Waals surface area contributed by atoms with Gasteiger partial charge in [0.15, 0.2) is 0 Å². The summed E-state index contributed by atoms with van der Waals surface area (Å²) in [4.78, 5) is 12.1. The summed E-state index contributed by atoms with van der Waals surface area (Å²) in [6.07, 6.45) is -0.105. The lowest BCUT2D eigenvalue weighted by Gasteiger charge is -2.29. The van der Waals surface area contributed by atoms with Gasteiger partial charge in [0, 0.05) is 6.54 Å². The topological polar surface area (TPSA) is 59.6 Å². The molecular weight excluding hydrogens is 328 g/mol. The third-order valence-corrected chi connectivity index (χ3v) is 3.95. The molecule has 1 fully saturated rings. The van der Waals surface area contributed by atoms with Crippen LogP contribution in [0.15, 0.2) is 24.3 Å². The molecule has 2 N–H and O–H groups in total. The van der Waals surface area contributed by atoms with E-state index in [1.807, 2.05) is 25.1 Å². The Bertz CT molecular complexity index is 531. The maximum Gasteiger partial charge on any atom is 0.239 e. The van der Waals surface area contributed by atoms with Crippen molar-refractivity contribution in [2.45, 2.75) is 45.3 Å². The summed E-state index contributed by atoms with van der Waals surface area (Å²) in [7, 11) is 0. The molecule has 24 heavy (non-hydrogen) atoms. The van der Waals surface area contributed by atoms with E-state index in [2.05, 4.69) is 37.5 Å². The van der Waals surface area contributed by atoms with Crippen molar-refractivity contribution in [1.29, 1.82) is 0 Å². The van der Waals surface area contributed by atoms with E-state index in [0.29, 0.717) is 26.3 Å². The smallest absolute Gasteiger partial charge is 0.239 e. The first kappa shape index (κ1) is 20.7. The van der Waals surface area contributed by atoms with Crippen LogP contribution in [0.5, 0.6) is 5.75 Å². The highest BCUT2D eigenvalue weighted by molar-refractivity contribution is 5.85. The fraction of sp³-hybridized carbons (Fsp3) is 0.611. The van der Waals surface area contributed by atoms with Crippen molar-refractivity contribution in [3.05, 3.63) is 29.8 Å². The van der Waals surface area contributed by atoms with Crippen LogP contribution in [0.1, 0.15) is 33.3 Å². The Morgan fingerprint density at radius 3 is 2.75 bits per heavy atom. The zero-order valence-electron chi connectivity index (χ0n) is 14.9. The number of halogens is 1. The maximum atomic E-state index is 12.1. The first-order chi connectivity index (χ1) is 10.9. The third-order valence-electron chi connectivity index (χ3n) is 3.95. The Morgan fingerprint density at radius 2 is 2.08 bits per heavy atom. The number of hydrogen-bond acceptors (Lipinski definition) is 4. The van der Waals surface area contributed by atoms with Gasteiger partial charge in [0.1, 0.15) is 18.4 Å². The van der Waals surface area contributed by atoms with Gasteiger partial charge in [-0.3, -0.25) is 4.79 Å². The second kappa shape index (κ2) is 9.25. The van der Waals surface area contributed by atoms with Crippen molar-refractivity contribution in [3.63, 3.8) is 0 Å². The number of nitrogens with one attached hydrogen (secondary N) is 2. The second-order valence-electron chi connectivity index (χ2n) is 6.89. The van der Waals surface area contributed by atoms with E-state index in [1.54, 1.807) is 0 Å². The molecule has 0 bridgehead atoms. The van der Waals surface area contributed by atoms with E-state index < -0.39 is 0 Å². The molecular formula is C18H29ClN2O3. The van der Waals surface area contributed by atoms with Gasteiger partial charge in [-0.1, -0.05) is 39.0 Å². The van der Waals surface area contributed by atoms with Gasteiger partial charge in [0.2, 0.25) is 5.91 Å². The van der Waals surface area contributed by atoms with Crippen LogP contribution in [0.4, 0.5) is 0 Å². The summed E-state index contributed by atoms with van der Waals surface area (Å²) in [6.45, 7) is 10.7. The van der Waals surface area contributed by atoms with Gasteiger partial charge in [-0.25, -0.2) is 0 Å². The van der Waals surface area contributed by atoms with Crippen LogP contribution >= 0.6 is 12.4 Å². The molecule has 136 valence electrons. The SMILES string of the molecule is C[C@H]1OCCN[C@@H]1C(=O)NCCOc1ccccc1C(C)(C)C.Cl. The number of rotatable bonds is 5. The van der Waals surface area contributed by atoms with E-state index in [4.69, 9.17) is 9.47 Å². The molecule has 0 saturated carbocycles.